The van der Waals surface area contributed by atoms with Gasteiger partial charge in [-0.3, -0.25) is 4.84 Å². The van der Waals surface area contributed by atoms with Gasteiger partial charge >= 0.3 is 0 Å². The van der Waals surface area contributed by atoms with Crippen molar-refractivity contribution in [3.05, 3.63) is 22.2 Å². The highest BCUT2D eigenvalue weighted by atomic mass is 79.9. The van der Waals surface area contributed by atoms with Gasteiger partial charge in [0, 0.05) is 5.56 Å². The van der Waals surface area contributed by atoms with E-state index in [1.54, 1.807) is 0 Å². The van der Waals surface area contributed by atoms with E-state index in [9.17, 15) is 0 Å². The van der Waals surface area contributed by atoms with Crippen molar-refractivity contribution in [1.82, 2.24) is 0 Å². The van der Waals surface area contributed by atoms with E-state index in [1.807, 2.05) is 12.1 Å². The standard InChI is InChI=1S/C9H10BrNO3/c10-7-2-1-6(5-14-11)8-9(7)13-4-3-12-8/h1-2H,3-5,11H2. The SMILES string of the molecule is NOCc1ccc(Br)c2c1OCCO2. The van der Waals surface area contributed by atoms with Crippen molar-refractivity contribution in [1.29, 1.82) is 0 Å². The molecule has 0 aliphatic carbocycles. The van der Waals surface area contributed by atoms with Crippen LogP contribution in [0.3, 0.4) is 0 Å². The number of hydrogen-bond acceptors (Lipinski definition) is 4. The summed E-state index contributed by atoms with van der Waals surface area (Å²) in [5.74, 6) is 6.47. The van der Waals surface area contributed by atoms with E-state index in [0.29, 0.717) is 19.8 Å². The summed E-state index contributed by atoms with van der Waals surface area (Å²) in [5, 5.41) is 0. The van der Waals surface area contributed by atoms with Crippen LogP contribution in [0.25, 0.3) is 0 Å². The minimum Gasteiger partial charge on any atom is -0.486 e. The Morgan fingerprint density at radius 2 is 2.00 bits per heavy atom. The molecule has 0 fully saturated rings. The Morgan fingerprint density at radius 1 is 1.29 bits per heavy atom. The molecule has 0 atom stereocenters. The van der Waals surface area contributed by atoms with Crippen molar-refractivity contribution in [3.8, 4) is 11.5 Å². The van der Waals surface area contributed by atoms with Crippen molar-refractivity contribution < 1.29 is 14.3 Å². The molecule has 76 valence electrons. The molecule has 0 aromatic heterocycles. The fourth-order valence-corrected chi connectivity index (χ4v) is 1.79. The molecule has 0 saturated heterocycles. The van der Waals surface area contributed by atoms with Gasteiger partial charge in [-0.25, -0.2) is 5.90 Å². The molecule has 2 rings (SSSR count). The number of benzene rings is 1. The number of rotatable bonds is 2. The second-order valence-electron chi connectivity index (χ2n) is 2.87. The fraction of sp³-hybridized carbons (Fsp3) is 0.333. The quantitative estimate of drug-likeness (QED) is 0.821. The van der Waals surface area contributed by atoms with Crippen molar-refractivity contribution in [2.75, 3.05) is 13.2 Å². The molecule has 0 spiro atoms. The van der Waals surface area contributed by atoms with E-state index in [-0.39, 0.29) is 0 Å². The molecule has 14 heavy (non-hydrogen) atoms. The first-order valence-corrected chi connectivity index (χ1v) is 5.01. The van der Waals surface area contributed by atoms with E-state index in [0.717, 1.165) is 21.5 Å². The summed E-state index contributed by atoms with van der Waals surface area (Å²) in [4.78, 5) is 4.58. The molecule has 1 aliphatic rings. The van der Waals surface area contributed by atoms with Gasteiger partial charge in [0.05, 0.1) is 11.1 Å². The van der Waals surface area contributed by atoms with Gasteiger partial charge in [0.2, 0.25) is 0 Å². The van der Waals surface area contributed by atoms with Gasteiger partial charge in [-0.05, 0) is 22.0 Å². The van der Waals surface area contributed by atoms with E-state index >= 15 is 0 Å². The van der Waals surface area contributed by atoms with Crippen LogP contribution >= 0.6 is 15.9 Å². The van der Waals surface area contributed by atoms with Gasteiger partial charge in [-0.2, -0.15) is 0 Å². The molecule has 0 amide bonds. The number of ether oxygens (including phenoxy) is 2. The third kappa shape index (κ3) is 1.70. The van der Waals surface area contributed by atoms with Gasteiger partial charge < -0.3 is 9.47 Å². The molecule has 4 nitrogen and oxygen atoms in total. The van der Waals surface area contributed by atoms with Crippen LogP contribution in [0.2, 0.25) is 0 Å². The van der Waals surface area contributed by atoms with Crippen LogP contribution in [0, 0.1) is 0 Å². The van der Waals surface area contributed by atoms with E-state index in [1.165, 1.54) is 0 Å². The Kier molecular flexibility index (Phi) is 2.90. The third-order valence-corrected chi connectivity index (χ3v) is 2.59. The average Bonchev–Trinajstić information content (AvgIpc) is 2.23. The maximum atomic E-state index is 5.50. The summed E-state index contributed by atoms with van der Waals surface area (Å²) >= 11 is 3.39. The molecule has 1 aliphatic heterocycles. The fourth-order valence-electron chi connectivity index (χ4n) is 1.36. The Hall–Kier alpha value is -0.780. The summed E-state index contributed by atoms with van der Waals surface area (Å²) in [7, 11) is 0. The zero-order chi connectivity index (χ0) is 9.97. The van der Waals surface area contributed by atoms with Gasteiger partial charge in [0.15, 0.2) is 11.5 Å². The first-order valence-electron chi connectivity index (χ1n) is 4.21. The van der Waals surface area contributed by atoms with E-state index in [4.69, 9.17) is 15.4 Å². The zero-order valence-electron chi connectivity index (χ0n) is 7.46. The van der Waals surface area contributed by atoms with Crippen molar-refractivity contribution >= 4 is 15.9 Å². The van der Waals surface area contributed by atoms with Crippen LogP contribution in [-0.4, -0.2) is 13.2 Å². The molecular weight excluding hydrogens is 250 g/mol. The normalized spacial score (nSPS) is 14.1. The van der Waals surface area contributed by atoms with E-state index in [2.05, 4.69) is 20.8 Å². The molecule has 0 bridgehead atoms. The summed E-state index contributed by atoms with van der Waals surface area (Å²) < 4.78 is 11.9. The van der Waals surface area contributed by atoms with Crippen molar-refractivity contribution in [2.45, 2.75) is 6.61 Å². The number of halogens is 1. The van der Waals surface area contributed by atoms with Gasteiger partial charge in [-0.15, -0.1) is 0 Å². The first-order chi connectivity index (χ1) is 6.83. The topological polar surface area (TPSA) is 53.7 Å². The Balaban J connectivity index is 2.42. The summed E-state index contributed by atoms with van der Waals surface area (Å²) in [6.07, 6.45) is 0. The second-order valence-corrected chi connectivity index (χ2v) is 3.73. The molecular formula is C9H10BrNO3. The van der Waals surface area contributed by atoms with Crippen LogP contribution in [0.15, 0.2) is 16.6 Å². The van der Waals surface area contributed by atoms with Crippen LogP contribution < -0.4 is 15.4 Å². The molecule has 5 heteroatoms. The summed E-state index contributed by atoms with van der Waals surface area (Å²) in [6.45, 7) is 1.44. The lowest BCUT2D eigenvalue weighted by molar-refractivity contribution is 0.115. The van der Waals surface area contributed by atoms with Gasteiger partial charge in [0.25, 0.3) is 0 Å². The minimum atomic E-state index is 0.318. The predicted octanol–water partition coefficient (Wildman–Crippen LogP) is 1.61. The zero-order valence-corrected chi connectivity index (χ0v) is 9.04. The van der Waals surface area contributed by atoms with E-state index < -0.39 is 0 Å². The average molecular weight is 260 g/mol. The lowest BCUT2D eigenvalue weighted by Crippen LogP contribution is -2.17. The monoisotopic (exact) mass is 259 g/mol. The largest absolute Gasteiger partial charge is 0.486 e. The molecule has 0 radical (unpaired) electrons. The van der Waals surface area contributed by atoms with Gasteiger partial charge in [-0.1, -0.05) is 6.07 Å². The molecule has 2 N–H and O–H groups in total. The highest BCUT2D eigenvalue weighted by Gasteiger charge is 2.18. The molecule has 0 saturated carbocycles. The lowest BCUT2D eigenvalue weighted by atomic mass is 10.2. The number of nitrogens with two attached hydrogens (primary N) is 1. The highest BCUT2D eigenvalue weighted by Crippen LogP contribution is 2.40. The Morgan fingerprint density at radius 3 is 2.71 bits per heavy atom. The molecule has 1 heterocycles. The molecule has 0 unspecified atom stereocenters. The third-order valence-electron chi connectivity index (χ3n) is 1.96. The van der Waals surface area contributed by atoms with Crippen LogP contribution in [0.5, 0.6) is 11.5 Å². The van der Waals surface area contributed by atoms with Crippen molar-refractivity contribution in [2.24, 2.45) is 5.90 Å². The smallest absolute Gasteiger partial charge is 0.175 e. The maximum absolute atomic E-state index is 5.50. The number of fused-ring (bicyclic) bond motifs is 1. The lowest BCUT2D eigenvalue weighted by Gasteiger charge is -2.21. The van der Waals surface area contributed by atoms with Crippen LogP contribution in [0.4, 0.5) is 0 Å². The minimum absolute atomic E-state index is 0.318. The first kappa shape index (κ1) is 9.76. The molecule has 1 aromatic carbocycles. The summed E-state index contributed by atoms with van der Waals surface area (Å²) in [5.41, 5.74) is 0.894. The molecule has 1 aromatic rings. The predicted molar refractivity (Wildman–Crippen MR) is 54.1 cm³/mol. The highest BCUT2D eigenvalue weighted by molar-refractivity contribution is 9.10. The van der Waals surface area contributed by atoms with Gasteiger partial charge in [0.1, 0.15) is 13.2 Å². The Labute approximate surface area is 90.0 Å². The second kappa shape index (κ2) is 4.16. The number of hydrogen-bond donors (Lipinski definition) is 1. The Bertz CT molecular complexity index is 343. The maximum Gasteiger partial charge on any atom is 0.175 e. The van der Waals surface area contributed by atoms with Crippen LogP contribution in [-0.2, 0) is 11.4 Å². The van der Waals surface area contributed by atoms with Crippen molar-refractivity contribution in [3.63, 3.8) is 0 Å². The van der Waals surface area contributed by atoms with Crippen LogP contribution in [0.1, 0.15) is 5.56 Å². The summed E-state index contributed by atoms with van der Waals surface area (Å²) in [6, 6.07) is 3.78.